The third-order valence-corrected chi connectivity index (χ3v) is 1.51. The normalized spacial score (nSPS) is 10.9. The maximum Gasteiger partial charge on any atom is 0.329 e. The molecule has 80 valence electrons. The number of ether oxygens (including phenoxy) is 1. The Bertz CT molecular complexity index is 334. The summed E-state index contributed by atoms with van der Waals surface area (Å²) >= 11 is 0. The summed E-state index contributed by atoms with van der Waals surface area (Å²) < 4.78 is 4.90. The van der Waals surface area contributed by atoms with E-state index in [0.717, 1.165) is 5.69 Å². The number of carbonyl (C=O) groups is 1. The second-order valence-corrected chi connectivity index (χ2v) is 3.27. The molecule has 0 radical (unpaired) electrons. The van der Waals surface area contributed by atoms with Gasteiger partial charge < -0.3 is 4.74 Å². The minimum atomic E-state index is -0.357. The first-order chi connectivity index (χ1) is 7.18. The van der Waals surface area contributed by atoms with Gasteiger partial charge in [0, 0.05) is 0 Å². The molecule has 4 heteroatoms. The van der Waals surface area contributed by atoms with Gasteiger partial charge in [-0.3, -0.25) is 0 Å². The Kier molecular flexibility index (Phi) is 4.47. The van der Waals surface area contributed by atoms with E-state index < -0.39 is 0 Å². The Hall–Kier alpha value is -1.71. The molecule has 0 aliphatic carbocycles. The summed E-state index contributed by atoms with van der Waals surface area (Å²) in [5.74, 6) is -0.357. The van der Waals surface area contributed by atoms with Gasteiger partial charge in [0.05, 0.1) is 11.8 Å². The lowest BCUT2D eigenvalue weighted by molar-refractivity contribution is -0.145. The zero-order valence-electron chi connectivity index (χ0n) is 8.88. The second-order valence-electron chi connectivity index (χ2n) is 3.27. The first-order valence-electron chi connectivity index (χ1n) is 4.80. The molecule has 1 aromatic carbocycles. The van der Waals surface area contributed by atoms with Gasteiger partial charge in [0.2, 0.25) is 0 Å². The van der Waals surface area contributed by atoms with Crippen molar-refractivity contribution >= 4 is 11.7 Å². The number of hydrogen-bond acceptors (Lipinski definition) is 4. The number of hydrogen-bond donors (Lipinski definition) is 0. The summed E-state index contributed by atoms with van der Waals surface area (Å²) in [4.78, 5) is 11.1. The quantitative estimate of drug-likeness (QED) is 0.561. The molecular weight excluding hydrogens is 192 g/mol. The van der Waals surface area contributed by atoms with Crippen LogP contribution in [0.4, 0.5) is 5.69 Å². The van der Waals surface area contributed by atoms with Gasteiger partial charge in [0.15, 0.2) is 6.54 Å². The highest BCUT2D eigenvalue weighted by Crippen LogP contribution is 2.09. The molecule has 0 aromatic heterocycles. The third-order valence-electron chi connectivity index (χ3n) is 1.51. The Morgan fingerprint density at radius 1 is 1.33 bits per heavy atom. The van der Waals surface area contributed by atoms with Crippen LogP contribution in [0, 0.1) is 0 Å². The van der Waals surface area contributed by atoms with Crippen LogP contribution in [0.15, 0.2) is 40.6 Å². The van der Waals surface area contributed by atoms with Crippen LogP contribution in [0.5, 0.6) is 0 Å². The maximum absolute atomic E-state index is 11.1. The molecule has 0 aliphatic rings. The van der Waals surface area contributed by atoms with Crippen molar-refractivity contribution in [1.82, 2.24) is 0 Å². The summed E-state index contributed by atoms with van der Waals surface area (Å²) in [5.41, 5.74) is 0.731. The number of esters is 1. The van der Waals surface area contributed by atoms with E-state index in [1.807, 2.05) is 30.3 Å². The van der Waals surface area contributed by atoms with Crippen molar-refractivity contribution < 1.29 is 9.53 Å². The van der Waals surface area contributed by atoms with E-state index >= 15 is 0 Å². The Labute approximate surface area is 89.0 Å². The van der Waals surface area contributed by atoms with E-state index in [1.165, 1.54) is 0 Å². The van der Waals surface area contributed by atoms with E-state index in [0.29, 0.717) is 0 Å². The lowest BCUT2D eigenvalue weighted by atomic mass is 10.3. The first kappa shape index (κ1) is 11.4. The van der Waals surface area contributed by atoms with Crippen LogP contribution < -0.4 is 0 Å². The van der Waals surface area contributed by atoms with Crippen molar-refractivity contribution in [2.24, 2.45) is 10.2 Å². The predicted octanol–water partition coefficient (Wildman–Crippen LogP) is 2.72. The van der Waals surface area contributed by atoms with Crippen molar-refractivity contribution in [3.63, 3.8) is 0 Å². The highest BCUT2D eigenvalue weighted by molar-refractivity contribution is 5.71. The van der Waals surface area contributed by atoms with Crippen LogP contribution in [0.25, 0.3) is 0 Å². The molecule has 4 nitrogen and oxygen atoms in total. The van der Waals surface area contributed by atoms with Gasteiger partial charge in [-0.25, -0.2) is 4.79 Å². The smallest absolute Gasteiger partial charge is 0.329 e. The third kappa shape index (κ3) is 4.90. The van der Waals surface area contributed by atoms with E-state index in [4.69, 9.17) is 4.74 Å². The maximum atomic E-state index is 11.1. The lowest BCUT2D eigenvalue weighted by Gasteiger charge is -2.04. The molecule has 0 amide bonds. The summed E-state index contributed by atoms with van der Waals surface area (Å²) in [6.07, 6.45) is -0.107. The van der Waals surface area contributed by atoms with Crippen molar-refractivity contribution in [3.05, 3.63) is 30.3 Å². The van der Waals surface area contributed by atoms with Crippen LogP contribution in [0.1, 0.15) is 13.8 Å². The molecule has 0 spiro atoms. The van der Waals surface area contributed by atoms with Gasteiger partial charge in [-0.15, -0.1) is 0 Å². The topological polar surface area (TPSA) is 51.0 Å². The monoisotopic (exact) mass is 206 g/mol. The van der Waals surface area contributed by atoms with E-state index in [2.05, 4.69) is 10.2 Å². The van der Waals surface area contributed by atoms with Crippen LogP contribution >= 0.6 is 0 Å². The Balaban J connectivity index is 2.37. The molecule has 0 bridgehead atoms. The summed E-state index contributed by atoms with van der Waals surface area (Å²) in [5, 5.41) is 7.62. The van der Waals surface area contributed by atoms with Crippen molar-refractivity contribution in [1.29, 1.82) is 0 Å². The highest BCUT2D eigenvalue weighted by atomic mass is 16.5. The number of rotatable bonds is 4. The van der Waals surface area contributed by atoms with Gasteiger partial charge >= 0.3 is 5.97 Å². The van der Waals surface area contributed by atoms with Gasteiger partial charge in [-0.1, -0.05) is 18.2 Å². The fourth-order valence-electron chi connectivity index (χ4n) is 0.970. The zero-order valence-corrected chi connectivity index (χ0v) is 8.88. The molecule has 0 heterocycles. The average molecular weight is 206 g/mol. The van der Waals surface area contributed by atoms with Crippen molar-refractivity contribution in [2.75, 3.05) is 6.54 Å². The number of carbonyl (C=O) groups excluding carboxylic acids is 1. The molecule has 15 heavy (non-hydrogen) atoms. The van der Waals surface area contributed by atoms with E-state index in [-0.39, 0.29) is 18.6 Å². The van der Waals surface area contributed by atoms with Crippen LogP contribution in [-0.4, -0.2) is 18.6 Å². The first-order valence-corrected chi connectivity index (χ1v) is 4.80. The van der Waals surface area contributed by atoms with Crippen LogP contribution in [0.2, 0.25) is 0 Å². The molecule has 1 aromatic rings. The minimum absolute atomic E-state index is 0.0346. The average Bonchev–Trinajstić information content (AvgIpc) is 2.18. The van der Waals surface area contributed by atoms with Crippen molar-refractivity contribution in [2.45, 2.75) is 20.0 Å². The lowest BCUT2D eigenvalue weighted by Crippen LogP contribution is -2.13. The second kappa shape index (κ2) is 5.90. The Morgan fingerprint density at radius 2 is 2.00 bits per heavy atom. The number of nitrogens with zero attached hydrogens (tertiary/aromatic N) is 2. The largest absolute Gasteiger partial charge is 0.462 e. The number of azo groups is 1. The highest BCUT2D eigenvalue weighted by Gasteiger charge is 2.03. The van der Waals surface area contributed by atoms with Crippen LogP contribution in [-0.2, 0) is 9.53 Å². The standard InChI is InChI=1S/C11H14N2O2/c1-9(2)15-11(14)8-12-13-10-6-4-3-5-7-10/h3-7,9H,8H2,1-2H3. The fourth-order valence-corrected chi connectivity index (χ4v) is 0.970. The van der Waals surface area contributed by atoms with Crippen molar-refractivity contribution in [3.8, 4) is 0 Å². The Morgan fingerprint density at radius 3 is 2.60 bits per heavy atom. The van der Waals surface area contributed by atoms with Gasteiger partial charge in [0.25, 0.3) is 0 Å². The van der Waals surface area contributed by atoms with Gasteiger partial charge in [-0.2, -0.15) is 10.2 Å². The molecule has 0 atom stereocenters. The fraction of sp³-hybridized carbons (Fsp3) is 0.364. The van der Waals surface area contributed by atoms with Crippen LogP contribution in [0.3, 0.4) is 0 Å². The zero-order chi connectivity index (χ0) is 11.1. The minimum Gasteiger partial charge on any atom is -0.462 e. The molecule has 0 aliphatic heterocycles. The molecule has 0 fully saturated rings. The molecule has 1 rings (SSSR count). The molecule has 0 unspecified atom stereocenters. The summed E-state index contributed by atoms with van der Waals surface area (Å²) in [6, 6.07) is 9.25. The molecule has 0 saturated heterocycles. The SMILES string of the molecule is CC(C)OC(=O)CN=Nc1ccccc1. The molecular formula is C11H14N2O2. The molecule has 0 saturated carbocycles. The number of benzene rings is 1. The molecule has 0 N–H and O–H groups in total. The van der Waals surface area contributed by atoms with E-state index in [1.54, 1.807) is 13.8 Å². The van der Waals surface area contributed by atoms with Gasteiger partial charge in [-0.05, 0) is 26.0 Å². The summed E-state index contributed by atoms with van der Waals surface area (Å²) in [6.45, 7) is 3.56. The van der Waals surface area contributed by atoms with E-state index in [9.17, 15) is 4.79 Å². The van der Waals surface area contributed by atoms with Gasteiger partial charge in [0.1, 0.15) is 0 Å². The summed E-state index contributed by atoms with van der Waals surface area (Å²) in [7, 11) is 0. The predicted molar refractivity (Wildman–Crippen MR) is 57.1 cm³/mol.